The van der Waals surface area contributed by atoms with Gasteiger partial charge in [0.2, 0.25) is 0 Å². The summed E-state index contributed by atoms with van der Waals surface area (Å²) < 4.78 is 29.9. The zero-order valence-electron chi connectivity index (χ0n) is 10.3. The van der Waals surface area contributed by atoms with Gasteiger partial charge in [-0.05, 0) is 19.8 Å². The largest absolute Gasteiger partial charge is 0.386 e. The standard InChI is InChI=1S/C12H17F2N3O/c1-7-5-9-8(6-15-7)11-12(13,14)10(18)3-2-4-17(11)16-9/h7,10,15,18H,2-6H2,1H3/t7-,10?/m1/s1. The Labute approximate surface area is 104 Å². The number of halogens is 2. The molecule has 18 heavy (non-hydrogen) atoms. The van der Waals surface area contributed by atoms with E-state index in [9.17, 15) is 13.9 Å². The zero-order chi connectivity index (χ0) is 12.9. The second kappa shape index (κ2) is 3.99. The van der Waals surface area contributed by atoms with Gasteiger partial charge in [0.1, 0.15) is 11.8 Å². The molecule has 6 heteroatoms. The van der Waals surface area contributed by atoms with Crippen LogP contribution in [0.4, 0.5) is 8.78 Å². The number of rotatable bonds is 0. The SMILES string of the molecule is C[C@@H]1Cc2nn3c(c2CN1)C(F)(F)C(O)CCC3. The van der Waals surface area contributed by atoms with Crippen LogP contribution in [-0.4, -0.2) is 27.0 Å². The maximum atomic E-state index is 14.2. The molecule has 2 atom stereocenters. The average Bonchev–Trinajstić information content (AvgIpc) is 2.61. The molecule has 2 aliphatic heterocycles. The van der Waals surface area contributed by atoms with Crippen molar-refractivity contribution in [2.75, 3.05) is 0 Å². The van der Waals surface area contributed by atoms with Crippen molar-refractivity contribution in [3.8, 4) is 0 Å². The monoisotopic (exact) mass is 257 g/mol. The van der Waals surface area contributed by atoms with E-state index in [1.165, 1.54) is 4.68 Å². The summed E-state index contributed by atoms with van der Waals surface area (Å²) in [6, 6.07) is 0.259. The first kappa shape index (κ1) is 12.0. The molecule has 2 N–H and O–H groups in total. The number of hydrogen-bond acceptors (Lipinski definition) is 3. The molecule has 0 saturated heterocycles. The Morgan fingerprint density at radius 1 is 1.50 bits per heavy atom. The topological polar surface area (TPSA) is 50.1 Å². The van der Waals surface area contributed by atoms with Gasteiger partial charge in [0.15, 0.2) is 0 Å². The maximum absolute atomic E-state index is 14.2. The molecule has 3 rings (SSSR count). The van der Waals surface area contributed by atoms with Crippen LogP contribution in [-0.2, 0) is 25.4 Å². The summed E-state index contributed by atoms with van der Waals surface area (Å²) in [4.78, 5) is 0. The smallest absolute Gasteiger partial charge is 0.314 e. The van der Waals surface area contributed by atoms with Gasteiger partial charge in [0.25, 0.3) is 0 Å². The van der Waals surface area contributed by atoms with Gasteiger partial charge in [-0.3, -0.25) is 4.68 Å². The number of fused-ring (bicyclic) bond motifs is 3. The Kier molecular flexibility index (Phi) is 2.67. The molecular formula is C12H17F2N3O. The van der Waals surface area contributed by atoms with Crippen LogP contribution >= 0.6 is 0 Å². The molecule has 0 aliphatic carbocycles. The van der Waals surface area contributed by atoms with Gasteiger partial charge in [-0.2, -0.15) is 13.9 Å². The second-order valence-electron chi connectivity index (χ2n) is 5.26. The van der Waals surface area contributed by atoms with Gasteiger partial charge in [-0.15, -0.1) is 0 Å². The molecule has 0 radical (unpaired) electrons. The molecule has 4 nitrogen and oxygen atoms in total. The lowest BCUT2D eigenvalue weighted by Gasteiger charge is -2.24. The van der Waals surface area contributed by atoms with Crippen molar-refractivity contribution in [2.45, 2.75) is 57.3 Å². The lowest BCUT2D eigenvalue weighted by Crippen LogP contribution is -2.36. The molecule has 1 aromatic rings. The van der Waals surface area contributed by atoms with E-state index in [4.69, 9.17) is 0 Å². The van der Waals surface area contributed by atoms with Crippen molar-refractivity contribution in [2.24, 2.45) is 0 Å². The molecule has 0 saturated carbocycles. The first-order valence-corrected chi connectivity index (χ1v) is 6.38. The van der Waals surface area contributed by atoms with Gasteiger partial charge in [-0.25, -0.2) is 0 Å². The number of aryl methyl sites for hydroxylation is 1. The Morgan fingerprint density at radius 2 is 2.28 bits per heavy atom. The Bertz CT molecular complexity index is 472. The van der Waals surface area contributed by atoms with Gasteiger partial charge in [-0.1, -0.05) is 0 Å². The van der Waals surface area contributed by atoms with Gasteiger partial charge in [0.05, 0.1) is 5.69 Å². The maximum Gasteiger partial charge on any atom is 0.314 e. The molecule has 0 fully saturated rings. The van der Waals surface area contributed by atoms with E-state index in [1.807, 2.05) is 6.92 Å². The van der Waals surface area contributed by atoms with E-state index in [1.54, 1.807) is 0 Å². The lowest BCUT2D eigenvalue weighted by atomic mass is 9.97. The summed E-state index contributed by atoms with van der Waals surface area (Å²) in [6.45, 7) is 2.89. The van der Waals surface area contributed by atoms with Crippen molar-refractivity contribution < 1.29 is 13.9 Å². The normalized spacial score (nSPS) is 30.4. The molecule has 0 amide bonds. The van der Waals surface area contributed by atoms with E-state index < -0.39 is 12.0 Å². The van der Waals surface area contributed by atoms with Gasteiger partial charge in [0, 0.05) is 31.1 Å². The number of nitrogens with zero attached hydrogens (tertiary/aromatic N) is 2. The van der Waals surface area contributed by atoms with Crippen molar-refractivity contribution in [3.05, 3.63) is 17.0 Å². The van der Waals surface area contributed by atoms with Crippen LogP contribution in [0, 0.1) is 0 Å². The fourth-order valence-corrected chi connectivity index (χ4v) is 2.85. The van der Waals surface area contributed by atoms with Crippen LogP contribution in [0.3, 0.4) is 0 Å². The van der Waals surface area contributed by atoms with Crippen molar-refractivity contribution in [1.29, 1.82) is 0 Å². The van der Waals surface area contributed by atoms with Crippen LogP contribution in [0.2, 0.25) is 0 Å². The molecule has 1 unspecified atom stereocenters. The Hall–Kier alpha value is -1.01. The third-order valence-corrected chi connectivity index (χ3v) is 3.84. The summed E-state index contributed by atoms with van der Waals surface area (Å²) in [7, 11) is 0. The summed E-state index contributed by atoms with van der Waals surface area (Å²) in [6.07, 6.45) is -0.275. The van der Waals surface area contributed by atoms with Crippen molar-refractivity contribution in [1.82, 2.24) is 15.1 Å². The highest BCUT2D eigenvalue weighted by molar-refractivity contribution is 5.33. The number of aliphatic hydroxyl groups excluding tert-OH is 1. The predicted octanol–water partition coefficient (Wildman–Crippen LogP) is 1.16. The molecule has 0 bridgehead atoms. The second-order valence-corrected chi connectivity index (χ2v) is 5.26. The fourth-order valence-electron chi connectivity index (χ4n) is 2.85. The molecule has 0 spiro atoms. The highest BCUT2D eigenvalue weighted by atomic mass is 19.3. The summed E-state index contributed by atoms with van der Waals surface area (Å²) >= 11 is 0. The first-order valence-electron chi connectivity index (χ1n) is 6.38. The number of alkyl halides is 2. The minimum atomic E-state index is -3.20. The predicted molar refractivity (Wildman–Crippen MR) is 61.4 cm³/mol. The van der Waals surface area contributed by atoms with Crippen LogP contribution in [0.25, 0.3) is 0 Å². The van der Waals surface area contributed by atoms with Crippen LogP contribution in [0.5, 0.6) is 0 Å². The molecule has 100 valence electrons. The number of aliphatic hydroxyl groups is 1. The van der Waals surface area contributed by atoms with E-state index in [0.717, 1.165) is 5.69 Å². The van der Waals surface area contributed by atoms with Crippen molar-refractivity contribution >= 4 is 0 Å². The number of hydrogen-bond donors (Lipinski definition) is 2. The highest BCUT2D eigenvalue weighted by Crippen LogP contribution is 2.40. The minimum absolute atomic E-state index is 0.0816. The molecule has 3 heterocycles. The fraction of sp³-hybridized carbons (Fsp3) is 0.750. The summed E-state index contributed by atoms with van der Waals surface area (Å²) in [5, 5.41) is 17.1. The average molecular weight is 257 g/mol. The van der Waals surface area contributed by atoms with E-state index in [0.29, 0.717) is 31.5 Å². The number of nitrogens with one attached hydrogen (secondary N) is 1. The van der Waals surface area contributed by atoms with Crippen molar-refractivity contribution in [3.63, 3.8) is 0 Å². The van der Waals surface area contributed by atoms with E-state index in [-0.39, 0.29) is 18.2 Å². The molecule has 1 aromatic heterocycles. The third kappa shape index (κ3) is 1.66. The zero-order valence-corrected chi connectivity index (χ0v) is 10.3. The third-order valence-electron chi connectivity index (χ3n) is 3.84. The van der Waals surface area contributed by atoms with Crippen LogP contribution < -0.4 is 5.32 Å². The van der Waals surface area contributed by atoms with Gasteiger partial charge < -0.3 is 10.4 Å². The number of aromatic nitrogens is 2. The lowest BCUT2D eigenvalue weighted by molar-refractivity contribution is -0.119. The van der Waals surface area contributed by atoms with E-state index >= 15 is 0 Å². The van der Waals surface area contributed by atoms with Crippen LogP contribution in [0.1, 0.15) is 36.7 Å². The minimum Gasteiger partial charge on any atom is -0.386 e. The summed E-state index contributed by atoms with van der Waals surface area (Å²) in [5.74, 6) is -3.20. The summed E-state index contributed by atoms with van der Waals surface area (Å²) in [5.41, 5.74) is 1.26. The van der Waals surface area contributed by atoms with E-state index in [2.05, 4.69) is 10.4 Å². The Balaban J connectivity index is 2.12. The van der Waals surface area contributed by atoms with Crippen LogP contribution in [0.15, 0.2) is 0 Å². The highest BCUT2D eigenvalue weighted by Gasteiger charge is 2.47. The first-order chi connectivity index (χ1) is 8.50. The molecular weight excluding hydrogens is 240 g/mol. The molecule has 2 aliphatic rings. The van der Waals surface area contributed by atoms with Gasteiger partial charge >= 0.3 is 5.92 Å². The Morgan fingerprint density at radius 3 is 3.06 bits per heavy atom. The quantitative estimate of drug-likeness (QED) is 0.733. The molecule has 0 aromatic carbocycles.